The van der Waals surface area contributed by atoms with Gasteiger partial charge < -0.3 is 9.26 Å². The topological polar surface area (TPSA) is 81.4 Å². The molecule has 0 fully saturated rings. The molecule has 2 aromatic rings. The van der Waals surface area contributed by atoms with Crippen LogP contribution in [0.4, 0.5) is 18.9 Å². The van der Waals surface area contributed by atoms with Crippen molar-refractivity contribution in [3.8, 4) is 11.6 Å². The SMILES string of the molecule is Cc1cc(Oc2ccc(NS(=O)(=O)C(F)(F)F)cc2)no1. The first-order chi connectivity index (χ1) is 9.67. The lowest BCUT2D eigenvalue weighted by Gasteiger charge is -2.10. The van der Waals surface area contributed by atoms with Gasteiger partial charge in [0.15, 0.2) is 0 Å². The van der Waals surface area contributed by atoms with Gasteiger partial charge in [-0.2, -0.15) is 21.6 Å². The summed E-state index contributed by atoms with van der Waals surface area (Å²) in [4.78, 5) is 0. The average molecular weight is 322 g/mol. The van der Waals surface area contributed by atoms with Crippen LogP contribution in [0.15, 0.2) is 34.9 Å². The highest BCUT2D eigenvalue weighted by atomic mass is 32.2. The van der Waals surface area contributed by atoms with Crippen LogP contribution in [0.1, 0.15) is 5.76 Å². The number of alkyl halides is 3. The maximum absolute atomic E-state index is 12.2. The molecule has 1 aromatic carbocycles. The molecule has 0 bridgehead atoms. The Morgan fingerprint density at radius 1 is 1.24 bits per heavy atom. The second-order valence-electron chi connectivity index (χ2n) is 3.95. The summed E-state index contributed by atoms with van der Waals surface area (Å²) >= 11 is 0. The van der Waals surface area contributed by atoms with Gasteiger partial charge in [0.05, 0.1) is 0 Å². The van der Waals surface area contributed by atoms with Gasteiger partial charge in [0, 0.05) is 11.8 Å². The minimum atomic E-state index is -5.44. The number of halogens is 3. The van der Waals surface area contributed by atoms with Gasteiger partial charge in [0.2, 0.25) is 0 Å². The van der Waals surface area contributed by atoms with Crippen molar-refractivity contribution in [3.05, 3.63) is 36.1 Å². The monoisotopic (exact) mass is 322 g/mol. The van der Waals surface area contributed by atoms with E-state index >= 15 is 0 Å². The van der Waals surface area contributed by atoms with E-state index in [0.29, 0.717) is 5.76 Å². The first-order valence-corrected chi connectivity index (χ1v) is 6.96. The minimum Gasteiger partial charge on any atom is -0.436 e. The highest BCUT2D eigenvalue weighted by molar-refractivity contribution is 7.93. The molecule has 114 valence electrons. The Morgan fingerprint density at radius 3 is 2.33 bits per heavy atom. The molecule has 0 saturated carbocycles. The maximum Gasteiger partial charge on any atom is 0.516 e. The average Bonchev–Trinajstić information content (AvgIpc) is 2.75. The quantitative estimate of drug-likeness (QED) is 0.935. The van der Waals surface area contributed by atoms with E-state index in [1.807, 2.05) is 0 Å². The summed E-state index contributed by atoms with van der Waals surface area (Å²) in [6, 6.07) is 6.36. The van der Waals surface area contributed by atoms with Crippen molar-refractivity contribution in [1.29, 1.82) is 0 Å². The minimum absolute atomic E-state index is 0.177. The number of aryl methyl sites for hydroxylation is 1. The summed E-state index contributed by atoms with van der Waals surface area (Å²) in [5, 5.41) is 3.57. The molecule has 0 radical (unpaired) electrons. The Bertz CT molecular complexity index is 723. The van der Waals surface area contributed by atoms with Crippen LogP contribution in [-0.2, 0) is 10.0 Å². The fourth-order valence-electron chi connectivity index (χ4n) is 1.32. The number of sulfonamides is 1. The van der Waals surface area contributed by atoms with Crippen LogP contribution in [0.3, 0.4) is 0 Å². The van der Waals surface area contributed by atoms with Crippen molar-refractivity contribution in [3.63, 3.8) is 0 Å². The number of rotatable bonds is 4. The number of hydrogen-bond acceptors (Lipinski definition) is 5. The van der Waals surface area contributed by atoms with E-state index in [0.717, 1.165) is 12.1 Å². The molecule has 0 aliphatic carbocycles. The van der Waals surface area contributed by atoms with Crippen molar-refractivity contribution in [2.75, 3.05) is 4.72 Å². The van der Waals surface area contributed by atoms with Crippen molar-refractivity contribution >= 4 is 15.7 Å². The van der Waals surface area contributed by atoms with Crippen LogP contribution in [-0.4, -0.2) is 19.1 Å². The van der Waals surface area contributed by atoms with Crippen LogP contribution in [0.2, 0.25) is 0 Å². The summed E-state index contributed by atoms with van der Waals surface area (Å²) in [6.45, 7) is 1.66. The first kappa shape index (κ1) is 15.2. The Labute approximate surface area is 117 Å². The molecule has 0 saturated heterocycles. The van der Waals surface area contributed by atoms with E-state index in [9.17, 15) is 21.6 Å². The van der Waals surface area contributed by atoms with E-state index in [-0.39, 0.29) is 17.3 Å². The summed E-state index contributed by atoms with van der Waals surface area (Å²) in [7, 11) is -5.44. The summed E-state index contributed by atoms with van der Waals surface area (Å²) in [5.74, 6) is 0.967. The molecule has 0 unspecified atom stereocenters. The van der Waals surface area contributed by atoms with Crippen LogP contribution < -0.4 is 9.46 Å². The Kier molecular flexibility index (Phi) is 3.81. The second kappa shape index (κ2) is 5.28. The predicted molar refractivity (Wildman–Crippen MR) is 66.4 cm³/mol. The van der Waals surface area contributed by atoms with Crippen LogP contribution in [0.5, 0.6) is 11.6 Å². The summed E-state index contributed by atoms with van der Waals surface area (Å²) in [5.41, 5.74) is -5.61. The van der Waals surface area contributed by atoms with Crippen molar-refractivity contribution in [2.24, 2.45) is 0 Å². The summed E-state index contributed by atoms with van der Waals surface area (Å²) in [6.07, 6.45) is 0. The Morgan fingerprint density at radius 2 is 1.86 bits per heavy atom. The molecule has 0 aliphatic heterocycles. The normalized spacial score (nSPS) is 12.2. The van der Waals surface area contributed by atoms with Crippen molar-refractivity contribution in [2.45, 2.75) is 12.4 Å². The molecule has 0 spiro atoms. The molecule has 6 nitrogen and oxygen atoms in total. The van der Waals surface area contributed by atoms with E-state index in [1.165, 1.54) is 22.9 Å². The lowest BCUT2D eigenvalue weighted by Crippen LogP contribution is -2.29. The van der Waals surface area contributed by atoms with Gasteiger partial charge >= 0.3 is 15.5 Å². The zero-order chi connectivity index (χ0) is 15.7. The molecule has 0 amide bonds. The van der Waals surface area contributed by atoms with Gasteiger partial charge in [-0.1, -0.05) is 0 Å². The van der Waals surface area contributed by atoms with E-state index in [2.05, 4.69) is 5.16 Å². The number of anilines is 1. The Balaban J connectivity index is 2.09. The number of benzene rings is 1. The van der Waals surface area contributed by atoms with E-state index < -0.39 is 15.5 Å². The van der Waals surface area contributed by atoms with Gasteiger partial charge in [-0.15, -0.1) is 0 Å². The molecule has 21 heavy (non-hydrogen) atoms. The maximum atomic E-state index is 12.2. The molecule has 0 aliphatic rings. The smallest absolute Gasteiger partial charge is 0.436 e. The number of aromatic nitrogens is 1. The molecule has 10 heteroatoms. The standard InChI is InChI=1S/C11H9F3N2O4S/c1-7-6-10(15-20-7)19-9-4-2-8(3-5-9)16-21(17,18)11(12,13)14/h2-6,16H,1H3. The highest BCUT2D eigenvalue weighted by Crippen LogP contribution is 2.27. The fourth-order valence-corrected chi connectivity index (χ4v) is 1.88. The van der Waals surface area contributed by atoms with Crippen LogP contribution >= 0.6 is 0 Å². The van der Waals surface area contributed by atoms with Gasteiger partial charge in [-0.25, -0.2) is 0 Å². The predicted octanol–water partition coefficient (Wildman–Crippen LogP) is 3.04. The zero-order valence-corrected chi connectivity index (χ0v) is 11.3. The number of nitrogens with zero attached hydrogens (tertiary/aromatic N) is 1. The van der Waals surface area contributed by atoms with Gasteiger partial charge in [0.1, 0.15) is 11.5 Å². The molecular weight excluding hydrogens is 313 g/mol. The molecule has 0 atom stereocenters. The van der Waals surface area contributed by atoms with Crippen LogP contribution in [0, 0.1) is 6.92 Å². The number of nitrogens with one attached hydrogen (secondary N) is 1. The fraction of sp³-hybridized carbons (Fsp3) is 0.182. The highest BCUT2D eigenvalue weighted by Gasteiger charge is 2.45. The second-order valence-corrected chi connectivity index (χ2v) is 5.63. The number of hydrogen-bond donors (Lipinski definition) is 1. The lowest BCUT2D eigenvalue weighted by atomic mass is 10.3. The van der Waals surface area contributed by atoms with Gasteiger partial charge in [-0.3, -0.25) is 4.72 Å². The Hall–Kier alpha value is -2.23. The van der Waals surface area contributed by atoms with E-state index in [4.69, 9.17) is 9.26 Å². The van der Waals surface area contributed by atoms with Crippen molar-refractivity contribution < 1.29 is 30.8 Å². The van der Waals surface area contributed by atoms with Gasteiger partial charge in [0.25, 0.3) is 5.88 Å². The van der Waals surface area contributed by atoms with E-state index in [1.54, 1.807) is 6.92 Å². The largest absolute Gasteiger partial charge is 0.516 e. The van der Waals surface area contributed by atoms with Gasteiger partial charge in [-0.05, 0) is 36.3 Å². The van der Waals surface area contributed by atoms with Crippen LogP contribution in [0.25, 0.3) is 0 Å². The molecule has 1 heterocycles. The third kappa shape index (κ3) is 3.66. The summed E-state index contributed by atoms with van der Waals surface area (Å²) < 4.78 is 69.8. The molecule has 2 rings (SSSR count). The lowest BCUT2D eigenvalue weighted by molar-refractivity contribution is -0.0429. The first-order valence-electron chi connectivity index (χ1n) is 5.48. The number of ether oxygens (including phenoxy) is 1. The molecule has 1 aromatic heterocycles. The zero-order valence-electron chi connectivity index (χ0n) is 10.5. The van der Waals surface area contributed by atoms with Crippen molar-refractivity contribution in [1.82, 2.24) is 5.16 Å². The molecule has 1 N–H and O–H groups in total. The third-order valence-corrected chi connectivity index (χ3v) is 3.35. The third-order valence-electron chi connectivity index (χ3n) is 2.24. The molecular formula is C11H9F3N2O4S.